The maximum Gasteiger partial charge on any atom is 0.253 e. The van der Waals surface area contributed by atoms with Gasteiger partial charge in [-0.3, -0.25) is 4.79 Å². The lowest BCUT2D eigenvalue weighted by Crippen LogP contribution is -2.25. The molecule has 0 aliphatic rings. The van der Waals surface area contributed by atoms with Crippen molar-refractivity contribution < 1.29 is 4.79 Å². The second-order valence-electron chi connectivity index (χ2n) is 4.08. The molecule has 0 saturated heterocycles. The van der Waals surface area contributed by atoms with E-state index in [4.69, 9.17) is 0 Å². The van der Waals surface area contributed by atoms with E-state index in [0.717, 1.165) is 23.4 Å². The van der Waals surface area contributed by atoms with E-state index in [1.807, 2.05) is 26.0 Å². The molecule has 0 radical (unpaired) electrons. The van der Waals surface area contributed by atoms with Crippen molar-refractivity contribution in [1.29, 1.82) is 0 Å². The van der Waals surface area contributed by atoms with Crippen LogP contribution in [0.3, 0.4) is 0 Å². The van der Waals surface area contributed by atoms with Crippen LogP contribution in [0.25, 0.3) is 0 Å². The Balaban J connectivity index is 1.87. The van der Waals surface area contributed by atoms with Crippen LogP contribution in [0.2, 0.25) is 0 Å². The van der Waals surface area contributed by atoms with Crippen molar-refractivity contribution in [3.8, 4) is 0 Å². The fraction of sp³-hybridized carbons (Fsp3) is 0.308. The number of H-pyrrole nitrogens is 1. The fourth-order valence-corrected chi connectivity index (χ4v) is 2.52. The Hall–Kier alpha value is -1.55. The number of thiophene rings is 1. The molecular formula is C13H16N2OS. The summed E-state index contributed by atoms with van der Waals surface area (Å²) in [5, 5.41) is 4.99. The molecule has 0 aromatic carbocycles. The van der Waals surface area contributed by atoms with Gasteiger partial charge in [0, 0.05) is 22.8 Å². The lowest BCUT2D eigenvalue weighted by Gasteiger charge is -2.03. The summed E-state index contributed by atoms with van der Waals surface area (Å²) in [5.41, 5.74) is 2.69. The van der Waals surface area contributed by atoms with E-state index in [-0.39, 0.29) is 5.91 Å². The predicted octanol–water partition coefficient (Wildman–Crippen LogP) is 2.67. The van der Waals surface area contributed by atoms with Crippen molar-refractivity contribution in [2.75, 3.05) is 6.54 Å². The molecule has 0 aliphatic carbocycles. The molecule has 0 aliphatic heterocycles. The van der Waals surface area contributed by atoms with Crippen LogP contribution in [-0.2, 0) is 6.42 Å². The van der Waals surface area contributed by atoms with E-state index in [9.17, 15) is 4.79 Å². The van der Waals surface area contributed by atoms with Gasteiger partial charge in [0.25, 0.3) is 5.91 Å². The third kappa shape index (κ3) is 2.97. The van der Waals surface area contributed by atoms with Crippen LogP contribution >= 0.6 is 11.3 Å². The molecule has 0 unspecified atom stereocenters. The first-order valence-electron chi connectivity index (χ1n) is 5.63. The number of carbonyl (C=O) groups is 1. The highest BCUT2D eigenvalue weighted by molar-refractivity contribution is 7.09. The molecule has 0 atom stereocenters. The first kappa shape index (κ1) is 11.9. The van der Waals surface area contributed by atoms with Gasteiger partial charge in [-0.15, -0.1) is 11.3 Å². The average molecular weight is 248 g/mol. The van der Waals surface area contributed by atoms with Crippen LogP contribution in [0, 0.1) is 13.8 Å². The Morgan fingerprint density at radius 3 is 2.88 bits per heavy atom. The van der Waals surface area contributed by atoms with Crippen molar-refractivity contribution >= 4 is 17.2 Å². The molecule has 3 nitrogen and oxygen atoms in total. The number of aromatic amines is 1. The first-order chi connectivity index (χ1) is 8.16. The number of aryl methyl sites for hydroxylation is 2. The Morgan fingerprint density at radius 2 is 2.29 bits per heavy atom. The second kappa shape index (κ2) is 5.19. The highest BCUT2D eigenvalue weighted by atomic mass is 32.1. The molecule has 17 heavy (non-hydrogen) atoms. The van der Waals surface area contributed by atoms with Crippen molar-refractivity contribution in [2.45, 2.75) is 20.3 Å². The van der Waals surface area contributed by atoms with Gasteiger partial charge in [-0.25, -0.2) is 0 Å². The molecule has 90 valence electrons. The number of rotatable bonds is 4. The number of hydrogen-bond donors (Lipinski definition) is 2. The summed E-state index contributed by atoms with van der Waals surface area (Å²) in [6.07, 6.45) is 0.895. The Bertz CT molecular complexity index is 499. The summed E-state index contributed by atoms with van der Waals surface area (Å²) in [7, 11) is 0. The van der Waals surface area contributed by atoms with E-state index in [2.05, 4.69) is 21.7 Å². The van der Waals surface area contributed by atoms with Crippen molar-refractivity contribution in [3.05, 3.63) is 45.4 Å². The van der Waals surface area contributed by atoms with Gasteiger partial charge in [-0.1, -0.05) is 6.07 Å². The van der Waals surface area contributed by atoms with E-state index < -0.39 is 0 Å². The number of aromatic nitrogens is 1. The van der Waals surface area contributed by atoms with Crippen LogP contribution in [0.4, 0.5) is 0 Å². The summed E-state index contributed by atoms with van der Waals surface area (Å²) in [4.78, 5) is 16.3. The number of hydrogen-bond acceptors (Lipinski definition) is 2. The van der Waals surface area contributed by atoms with Gasteiger partial charge in [0.15, 0.2) is 0 Å². The molecule has 2 aromatic heterocycles. The maximum atomic E-state index is 11.9. The fourth-order valence-electron chi connectivity index (χ4n) is 1.81. The minimum atomic E-state index is 0.00315. The zero-order chi connectivity index (χ0) is 12.3. The molecular weight excluding hydrogens is 232 g/mol. The highest BCUT2D eigenvalue weighted by Crippen LogP contribution is 2.10. The molecule has 4 heteroatoms. The van der Waals surface area contributed by atoms with Gasteiger partial charge in [-0.2, -0.15) is 0 Å². The van der Waals surface area contributed by atoms with Crippen LogP contribution in [0.1, 0.15) is 26.6 Å². The molecule has 1 amide bonds. The van der Waals surface area contributed by atoms with Crippen molar-refractivity contribution in [2.24, 2.45) is 0 Å². The lowest BCUT2D eigenvalue weighted by molar-refractivity contribution is 0.0953. The van der Waals surface area contributed by atoms with Gasteiger partial charge in [0.1, 0.15) is 0 Å². The molecule has 0 spiro atoms. The normalized spacial score (nSPS) is 10.5. The lowest BCUT2D eigenvalue weighted by atomic mass is 10.2. The second-order valence-corrected chi connectivity index (χ2v) is 5.11. The van der Waals surface area contributed by atoms with Crippen LogP contribution in [0.15, 0.2) is 23.6 Å². The van der Waals surface area contributed by atoms with Crippen molar-refractivity contribution in [1.82, 2.24) is 10.3 Å². The van der Waals surface area contributed by atoms with E-state index in [1.165, 1.54) is 4.88 Å². The monoisotopic (exact) mass is 248 g/mol. The molecule has 0 saturated carbocycles. The van der Waals surface area contributed by atoms with Gasteiger partial charge < -0.3 is 10.3 Å². The van der Waals surface area contributed by atoms with Gasteiger partial charge in [0.05, 0.1) is 5.56 Å². The van der Waals surface area contributed by atoms with Gasteiger partial charge in [-0.05, 0) is 37.8 Å². The van der Waals surface area contributed by atoms with Crippen LogP contribution in [-0.4, -0.2) is 17.4 Å². The summed E-state index contributed by atoms with van der Waals surface area (Å²) >= 11 is 1.72. The Labute approximate surface area is 105 Å². The molecule has 2 rings (SSSR count). The Morgan fingerprint density at radius 1 is 1.47 bits per heavy atom. The quantitative estimate of drug-likeness (QED) is 0.858. The van der Waals surface area contributed by atoms with Gasteiger partial charge >= 0.3 is 0 Å². The summed E-state index contributed by atoms with van der Waals surface area (Å²) in [6, 6.07) is 6.00. The predicted molar refractivity (Wildman–Crippen MR) is 70.6 cm³/mol. The zero-order valence-electron chi connectivity index (χ0n) is 10.0. The topological polar surface area (TPSA) is 44.9 Å². The molecule has 2 aromatic rings. The van der Waals surface area contributed by atoms with E-state index >= 15 is 0 Å². The van der Waals surface area contributed by atoms with E-state index in [0.29, 0.717) is 6.54 Å². The molecule has 2 heterocycles. The highest BCUT2D eigenvalue weighted by Gasteiger charge is 2.10. The van der Waals surface area contributed by atoms with Crippen LogP contribution < -0.4 is 5.32 Å². The average Bonchev–Trinajstić information content (AvgIpc) is 2.88. The Kier molecular flexibility index (Phi) is 3.64. The smallest absolute Gasteiger partial charge is 0.253 e. The zero-order valence-corrected chi connectivity index (χ0v) is 10.9. The summed E-state index contributed by atoms with van der Waals surface area (Å²) in [5.74, 6) is 0.00315. The van der Waals surface area contributed by atoms with Crippen molar-refractivity contribution in [3.63, 3.8) is 0 Å². The minimum absolute atomic E-state index is 0.00315. The molecule has 0 fully saturated rings. The summed E-state index contributed by atoms with van der Waals surface area (Å²) in [6.45, 7) is 4.56. The maximum absolute atomic E-state index is 11.9. The number of nitrogens with one attached hydrogen (secondary N) is 2. The number of amides is 1. The standard InChI is InChI=1S/C13H16N2OS/c1-9-8-12(10(2)15-9)13(16)14-6-5-11-4-3-7-17-11/h3-4,7-8,15H,5-6H2,1-2H3,(H,14,16). The minimum Gasteiger partial charge on any atom is -0.362 e. The molecule has 2 N–H and O–H groups in total. The van der Waals surface area contributed by atoms with E-state index in [1.54, 1.807) is 11.3 Å². The molecule has 0 bridgehead atoms. The number of carbonyl (C=O) groups excluding carboxylic acids is 1. The SMILES string of the molecule is Cc1cc(C(=O)NCCc2cccs2)c(C)[nH]1. The van der Waals surface area contributed by atoms with Gasteiger partial charge in [0.2, 0.25) is 0 Å². The summed E-state index contributed by atoms with van der Waals surface area (Å²) < 4.78 is 0. The first-order valence-corrected chi connectivity index (χ1v) is 6.51. The largest absolute Gasteiger partial charge is 0.362 e. The van der Waals surface area contributed by atoms with Crippen LogP contribution in [0.5, 0.6) is 0 Å². The third-order valence-corrected chi connectivity index (χ3v) is 3.57. The third-order valence-electron chi connectivity index (χ3n) is 2.63.